The van der Waals surface area contributed by atoms with Crippen molar-refractivity contribution in [3.8, 4) is 17.6 Å². The molecule has 0 bridgehead atoms. The Balaban J connectivity index is 1.72. The summed E-state index contributed by atoms with van der Waals surface area (Å²) >= 11 is 2.52. The first-order chi connectivity index (χ1) is 14.5. The standard InChI is InChI=1S/C23H19BrF3NO3/c1-22(2)17(12-19(24)23(25,26)27)20(22)21(29)31-18(13-28)14-7-6-10-16(11-14)30-15-8-4-3-5-9-15/h3-12,17-18,20H,1-2H3. The van der Waals surface area contributed by atoms with Gasteiger partial charge in [0.2, 0.25) is 6.10 Å². The minimum Gasteiger partial charge on any atom is -0.457 e. The zero-order valence-electron chi connectivity index (χ0n) is 16.7. The number of benzene rings is 2. The number of carbonyl (C=O) groups is 1. The smallest absolute Gasteiger partial charge is 0.422 e. The lowest BCUT2D eigenvalue weighted by Gasteiger charge is -2.13. The molecule has 0 amide bonds. The van der Waals surface area contributed by atoms with Crippen LogP contribution in [0.1, 0.15) is 25.5 Å². The van der Waals surface area contributed by atoms with Crippen LogP contribution in [0.5, 0.6) is 11.5 Å². The first-order valence-corrected chi connectivity index (χ1v) is 10.2. The summed E-state index contributed by atoms with van der Waals surface area (Å²) in [6, 6.07) is 17.5. The summed E-state index contributed by atoms with van der Waals surface area (Å²) in [6.45, 7) is 3.37. The predicted molar refractivity (Wildman–Crippen MR) is 111 cm³/mol. The Hall–Kier alpha value is -2.79. The van der Waals surface area contributed by atoms with E-state index in [4.69, 9.17) is 9.47 Å². The minimum atomic E-state index is -4.53. The van der Waals surface area contributed by atoms with Gasteiger partial charge < -0.3 is 9.47 Å². The molecule has 2 aromatic rings. The molecule has 1 aliphatic rings. The maximum absolute atomic E-state index is 12.8. The molecular weight excluding hydrogens is 475 g/mol. The molecule has 4 nitrogen and oxygen atoms in total. The average molecular weight is 494 g/mol. The van der Waals surface area contributed by atoms with E-state index in [0.29, 0.717) is 17.1 Å². The van der Waals surface area contributed by atoms with Crippen molar-refractivity contribution in [2.45, 2.75) is 26.1 Å². The van der Waals surface area contributed by atoms with Crippen molar-refractivity contribution < 1.29 is 27.4 Å². The quantitative estimate of drug-likeness (QED) is 0.420. The van der Waals surface area contributed by atoms with E-state index in [1.165, 1.54) is 0 Å². The highest BCUT2D eigenvalue weighted by Gasteiger charge is 2.62. The molecule has 3 unspecified atom stereocenters. The van der Waals surface area contributed by atoms with Crippen molar-refractivity contribution >= 4 is 21.9 Å². The topological polar surface area (TPSA) is 59.3 Å². The normalized spacial score (nSPS) is 21.0. The number of carbonyl (C=O) groups excluding carboxylic acids is 1. The van der Waals surface area contributed by atoms with Crippen molar-refractivity contribution in [1.29, 1.82) is 5.26 Å². The Morgan fingerprint density at radius 3 is 2.42 bits per heavy atom. The van der Waals surface area contributed by atoms with Gasteiger partial charge in [-0.25, -0.2) is 0 Å². The van der Waals surface area contributed by atoms with Gasteiger partial charge in [-0.05, 0) is 51.5 Å². The third-order valence-electron chi connectivity index (χ3n) is 5.25. The molecule has 1 fully saturated rings. The molecule has 31 heavy (non-hydrogen) atoms. The highest BCUT2D eigenvalue weighted by Crippen LogP contribution is 2.61. The number of nitriles is 1. The largest absolute Gasteiger partial charge is 0.457 e. The van der Waals surface area contributed by atoms with E-state index in [1.54, 1.807) is 50.2 Å². The van der Waals surface area contributed by atoms with Crippen LogP contribution in [0.15, 0.2) is 65.2 Å². The molecule has 0 saturated heterocycles. The summed E-state index contributed by atoms with van der Waals surface area (Å²) in [7, 11) is 0. The molecule has 0 aliphatic heterocycles. The molecule has 8 heteroatoms. The van der Waals surface area contributed by atoms with E-state index in [1.807, 2.05) is 24.3 Å². The number of para-hydroxylation sites is 1. The molecular formula is C23H19BrF3NO3. The number of halogens is 4. The molecule has 162 valence electrons. The molecule has 3 rings (SSSR count). The van der Waals surface area contributed by atoms with Gasteiger partial charge in [-0.15, -0.1) is 0 Å². The molecule has 0 aromatic heterocycles. The maximum atomic E-state index is 12.8. The fourth-order valence-corrected chi connectivity index (χ4v) is 3.70. The number of hydrogen-bond acceptors (Lipinski definition) is 4. The van der Waals surface area contributed by atoms with Crippen molar-refractivity contribution in [1.82, 2.24) is 0 Å². The van der Waals surface area contributed by atoms with Crippen LogP contribution in [0.25, 0.3) is 0 Å². The number of rotatable bonds is 6. The summed E-state index contributed by atoms with van der Waals surface area (Å²) in [6.07, 6.45) is -4.75. The molecule has 0 N–H and O–H groups in total. The summed E-state index contributed by atoms with van der Waals surface area (Å²) in [4.78, 5) is 12.7. The van der Waals surface area contributed by atoms with E-state index in [0.717, 1.165) is 6.08 Å². The molecule has 1 aliphatic carbocycles. The molecule has 0 radical (unpaired) electrons. The Morgan fingerprint density at radius 1 is 1.16 bits per heavy atom. The SMILES string of the molecule is CC1(C)C(C=C(Br)C(F)(F)F)C1C(=O)OC(C#N)c1cccc(Oc2ccccc2)c1. The van der Waals surface area contributed by atoms with Gasteiger partial charge in [0.05, 0.1) is 10.4 Å². The van der Waals surface area contributed by atoms with Gasteiger partial charge in [0.15, 0.2) is 0 Å². The van der Waals surface area contributed by atoms with Crippen LogP contribution in [-0.2, 0) is 9.53 Å². The van der Waals surface area contributed by atoms with Crippen LogP contribution < -0.4 is 4.74 Å². The second-order valence-corrected chi connectivity index (χ2v) is 8.63. The Labute approximate surface area is 186 Å². The van der Waals surface area contributed by atoms with Gasteiger partial charge in [-0.1, -0.05) is 50.3 Å². The number of esters is 1. The lowest BCUT2D eigenvalue weighted by molar-refractivity contribution is -0.149. The van der Waals surface area contributed by atoms with Crippen LogP contribution in [-0.4, -0.2) is 12.1 Å². The van der Waals surface area contributed by atoms with E-state index in [-0.39, 0.29) is 0 Å². The van der Waals surface area contributed by atoms with Crippen LogP contribution in [0.2, 0.25) is 0 Å². The number of allylic oxidation sites excluding steroid dienone is 2. The second-order valence-electron chi connectivity index (χ2n) is 7.77. The third kappa shape index (κ3) is 5.28. The number of ether oxygens (including phenoxy) is 2. The first kappa shape index (κ1) is 22.9. The zero-order valence-corrected chi connectivity index (χ0v) is 18.3. The van der Waals surface area contributed by atoms with E-state index in [2.05, 4.69) is 15.9 Å². The van der Waals surface area contributed by atoms with Crippen molar-refractivity contribution in [2.75, 3.05) is 0 Å². The summed E-state index contributed by atoms with van der Waals surface area (Å²) in [5, 5.41) is 9.52. The molecule has 0 heterocycles. The fourth-order valence-electron chi connectivity index (χ4n) is 3.42. The predicted octanol–water partition coefficient (Wildman–Crippen LogP) is 6.70. The van der Waals surface area contributed by atoms with Gasteiger partial charge in [0.1, 0.15) is 17.6 Å². The number of alkyl halides is 3. The lowest BCUT2D eigenvalue weighted by atomic mass is 10.1. The van der Waals surface area contributed by atoms with E-state index in [9.17, 15) is 23.2 Å². The van der Waals surface area contributed by atoms with Crippen LogP contribution >= 0.6 is 15.9 Å². The minimum absolute atomic E-state index is 0.409. The first-order valence-electron chi connectivity index (χ1n) is 9.41. The van der Waals surface area contributed by atoms with Gasteiger partial charge >= 0.3 is 12.1 Å². The summed E-state index contributed by atoms with van der Waals surface area (Å²) in [5.41, 5.74) is -0.300. The molecule has 3 atom stereocenters. The van der Waals surface area contributed by atoms with Gasteiger partial charge in [0.25, 0.3) is 0 Å². The van der Waals surface area contributed by atoms with Crippen molar-refractivity contribution in [3.05, 3.63) is 70.7 Å². The van der Waals surface area contributed by atoms with Crippen molar-refractivity contribution in [2.24, 2.45) is 17.3 Å². The number of nitrogens with zero attached hydrogens (tertiary/aromatic N) is 1. The van der Waals surface area contributed by atoms with Crippen molar-refractivity contribution in [3.63, 3.8) is 0 Å². The van der Waals surface area contributed by atoms with E-state index < -0.39 is 40.0 Å². The molecule has 1 saturated carbocycles. The highest BCUT2D eigenvalue weighted by atomic mass is 79.9. The maximum Gasteiger partial charge on any atom is 0.422 e. The zero-order chi connectivity index (χ0) is 22.8. The Morgan fingerprint density at radius 2 is 1.81 bits per heavy atom. The monoisotopic (exact) mass is 493 g/mol. The second kappa shape index (κ2) is 8.75. The highest BCUT2D eigenvalue weighted by molar-refractivity contribution is 9.11. The van der Waals surface area contributed by atoms with E-state index >= 15 is 0 Å². The van der Waals surface area contributed by atoms with Gasteiger partial charge in [0, 0.05) is 5.56 Å². The summed E-state index contributed by atoms with van der Waals surface area (Å²) < 4.78 is 48.6. The van der Waals surface area contributed by atoms with Crippen LogP contribution in [0.3, 0.4) is 0 Å². The Bertz CT molecular complexity index is 1030. The Kier molecular flexibility index (Phi) is 6.46. The fraction of sp³-hybridized carbons (Fsp3) is 0.304. The van der Waals surface area contributed by atoms with Crippen LogP contribution in [0, 0.1) is 28.6 Å². The summed E-state index contributed by atoms with van der Waals surface area (Å²) in [5.74, 6) is -1.07. The van der Waals surface area contributed by atoms with Gasteiger partial charge in [-0.3, -0.25) is 4.79 Å². The van der Waals surface area contributed by atoms with Gasteiger partial charge in [-0.2, -0.15) is 18.4 Å². The molecule has 0 spiro atoms. The third-order valence-corrected chi connectivity index (χ3v) is 5.97. The lowest BCUT2D eigenvalue weighted by Crippen LogP contribution is -2.14. The van der Waals surface area contributed by atoms with Crippen LogP contribution in [0.4, 0.5) is 13.2 Å². The number of hydrogen-bond donors (Lipinski definition) is 0. The molecule has 2 aromatic carbocycles. The average Bonchev–Trinajstić information content (AvgIpc) is 3.26.